The third-order valence-corrected chi connectivity index (χ3v) is 6.39. The van der Waals surface area contributed by atoms with Gasteiger partial charge in [-0.15, -0.1) is 0 Å². The Morgan fingerprint density at radius 3 is 2.35 bits per heavy atom. The molecule has 1 saturated heterocycles. The van der Waals surface area contributed by atoms with E-state index in [-0.39, 0.29) is 17.5 Å². The Balaban J connectivity index is 1.46. The third kappa shape index (κ3) is 6.17. The second-order valence-electron chi connectivity index (χ2n) is 8.29. The van der Waals surface area contributed by atoms with E-state index in [2.05, 4.69) is 22.0 Å². The van der Waals surface area contributed by atoms with Gasteiger partial charge in [-0.1, -0.05) is 59.6 Å². The van der Waals surface area contributed by atoms with Crippen molar-refractivity contribution in [2.24, 2.45) is 0 Å². The summed E-state index contributed by atoms with van der Waals surface area (Å²) in [6.45, 7) is 5.17. The Morgan fingerprint density at radius 1 is 0.971 bits per heavy atom. The molecule has 1 aromatic heterocycles. The number of carbonyl (C=O) groups excluding carboxylic acids is 2. The quantitative estimate of drug-likeness (QED) is 0.477. The minimum absolute atomic E-state index is 0.0233. The van der Waals surface area contributed by atoms with E-state index in [1.54, 1.807) is 22.8 Å². The molecule has 0 unspecified atom stereocenters. The van der Waals surface area contributed by atoms with Crippen LogP contribution in [0.2, 0.25) is 10.0 Å². The first-order valence-corrected chi connectivity index (χ1v) is 11.8. The fraction of sp³-hybridized carbons (Fsp3) is 0.320. The smallest absolute Gasteiger partial charge is 0.275 e. The van der Waals surface area contributed by atoms with Crippen LogP contribution in [-0.4, -0.2) is 57.7 Å². The van der Waals surface area contributed by atoms with Crippen LogP contribution in [0.1, 0.15) is 34.4 Å². The standard InChI is InChI=1S/C25H26Cl2N4O3/c1-18(32)30-9-11-31(12-10-30)25(33)23-17-34-24(28-23)16-29(14-19-5-3-2-4-6-19)15-20-7-8-21(26)13-22(20)27/h2-8,13,17H,9-12,14-16H2,1H3. The molecule has 1 aliphatic rings. The van der Waals surface area contributed by atoms with E-state index >= 15 is 0 Å². The van der Waals surface area contributed by atoms with Crippen LogP contribution in [0.5, 0.6) is 0 Å². The molecule has 3 aromatic rings. The Kier molecular flexibility index (Phi) is 7.88. The molecule has 7 nitrogen and oxygen atoms in total. The largest absolute Gasteiger partial charge is 0.447 e. The molecule has 2 aromatic carbocycles. The first-order chi connectivity index (χ1) is 16.4. The van der Waals surface area contributed by atoms with Crippen molar-refractivity contribution in [2.45, 2.75) is 26.6 Å². The molecule has 2 heterocycles. The fourth-order valence-corrected chi connectivity index (χ4v) is 4.43. The summed E-state index contributed by atoms with van der Waals surface area (Å²) in [5.74, 6) is 0.287. The molecule has 4 rings (SSSR count). The van der Waals surface area contributed by atoms with Gasteiger partial charge in [0.15, 0.2) is 5.69 Å². The van der Waals surface area contributed by atoms with Gasteiger partial charge in [-0.05, 0) is 23.3 Å². The summed E-state index contributed by atoms with van der Waals surface area (Å²) in [7, 11) is 0. The van der Waals surface area contributed by atoms with E-state index in [1.165, 1.54) is 6.26 Å². The van der Waals surface area contributed by atoms with Gasteiger partial charge in [0, 0.05) is 56.2 Å². The van der Waals surface area contributed by atoms with Crippen molar-refractivity contribution in [1.29, 1.82) is 0 Å². The zero-order valence-electron chi connectivity index (χ0n) is 18.9. The highest BCUT2D eigenvalue weighted by Gasteiger charge is 2.25. The van der Waals surface area contributed by atoms with E-state index in [9.17, 15) is 9.59 Å². The van der Waals surface area contributed by atoms with Crippen molar-refractivity contribution in [3.63, 3.8) is 0 Å². The first kappa shape index (κ1) is 24.3. The van der Waals surface area contributed by atoms with Crippen molar-refractivity contribution in [3.8, 4) is 0 Å². The Labute approximate surface area is 208 Å². The molecule has 9 heteroatoms. The number of hydrogen-bond acceptors (Lipinski definition) is 5. The molecule has 0 radical (unpaired) electrons. The van der Waals surface area contributed by atoms with Crippen molar-refractivity contribution in [2.75, 3.05) is 26.2 Å². The second-order valence-corrected chi connectivity index (χ2v) is 9.13. The Bertz CT molecular complexity index is 1140. The summed E-state index contributed by atoms with van der Waals surface area (Å²) in [5, 5.41) is 1.18. The van der Waals surface area contributed by atoms with Crippen molar-refractivity contribution in [3.05, 3.63) is 87.6 Å². The maximum Gasteiger partial charge on any atom is 0.275 e. The molecule has 34 heavy (non-hydrogen) atoms. The number of benzene rings is 2. The van der Waals surface area contributed by atoms with Crippen molar-refractivity contribution < 1.29 is 14.0 Å². The van der Waals surface area contributed by atoms with E-state index in [0.717, 1.165) is 11.1 Å². The minimum Gasteiger partial charge on any atom is -0.447 e. The first-order valence-electron chi connectivity index (χ1n) is 11.1. The molecular formula is C25H26Cl2N4O3. The number of oxazole rings is 1. The normalized spacial score (nSPS) is 14.0. The van der Waals surface area contributed by atoms with Crippen molar-refractivity contribution >= 4 is 35.0 Å². The number of halogens is 2. The van der Waals surface area contributed by atoms with Crippen LogP contribution in [0.25, 0.3) is 0 Å². The topological polar surface area (TPSA) is 69.9 Å². The minimum atomic E-state index is -0.187. The summed E-state index contributed by atoms with van der Waals surface area (Å²) in [6, 6.07) is 15.5. The number of hydrogen-bond donors (Lipinski definition) is 0. The number of piperazine rings is 1. The molecule has 178 valence electrons. The molecular weight excluding hydrogens is 475 g/mol. The number of amides is 2. The lowest BCUT2D eigenvalue weighted by molar-refractivity contribution is -0.130. The lowest BCUT2D eigenvalue weighted by Crippen LogP contribution is -2.50. The predicted molar refractivity (Wildman–Crippen MR) is 131 cm³/mol. The highest BCUT2D eigenvalue weighted by molar-refractivity contribution is 6.35. The maximum absolute atomic E-state index is 12.9. The van der Waals surface area contributed by atoms with Crippen LogP contribution in [0, 0.1) is 0 Å². The number of aromatic nitrogens is 1. The molecule has 1 fully saturated rings. The average molecular weight is 501 g/mol. The van der Waals surface area contributed by atoms with Crippen LogP contribution in [-0.2, 0) is 24.4 Å². The molecule has 0 saturated carbocycles. The summed E-state index contributed by atoms with van der Waals surface area (Å²) in [5.41, 5.74) is 2.35. The summed E-state index contributed by atoms with van der Waals surface area (Å²) >= 11 is 12.5. The van der Waals surface area contributed by atoms with Gasteiger partial charge in [0.05, 0.1) is 6.54 Å². The molecule has 0 spiro atoms. The van der Waals surface area contributed by atoms with Crippen molar-refractivity contribution in [1.82, 2.24) is 19.7 Å². The summed E-state index contributed by atoms with van der Waals surface area (Å²) < 4.78 is 5.67. The molecule has 1 aliphatic heterocycles. The zero-order chi connectivity index (χ0) is 24.1. The maximum atomic E-state index is 12.9. The predicted octanol–water partition coefficient (Wildman–Crippen LogP) is 4.49. The van der Waals surface area contributed by atoms with Crippen LogP contribution < -0.4 is 0 Å². The van der Waals surface area contributed by atoms with Gasteiger partial charge in [-0.25, -0.2) is 4.98 Å². The van der Waals surface area contributed by atoms with Crippen LogP contribution >= 0.6 is 23.2 Å². The van der Waals surface area contributed by atoms with E-state index in [4.69, 9.17) is 27.6 Å². The van der Waals surface area contributed by atoms with Gasteiger partial charge in [-0.2, -0.15) is 0 Å². The van der Waals surface area contributed by atoms with Gasteiger partial charge in [-0.3, -0.25) is 14.5 Å². The van der Waals surface area contributed by atoms with Gasteiger partial charge in [0.2, 0.25) is 11.8 Å². The number of carbonyl (C=O) groups is 2. The van der Waals surface area contributed by atoms with Gasteiger partial charge >= 0.3 is 0 Å². The monoisotopic (exact) mass is 500 g/mol. The molecule has 0 N–H and O–H groups in total. The number of nitrogens with zero attached hydrogens (tertiary/aromatic N) is 4. The SMILES string of the molecule is CC(=O)N1CCN(C(=O)c2coc(CN(Cc3ccccc3)Cc3ccc(Cl)cc3Cl)n2)CC1. The second kappa shape index (κ2) is 11.0. The highest BCUT2D eigenvalue weighted by Crippen LogP contribution is 2.24. The Hall–Kier alpha value is -2.87. The molecule has 0 bridgehead atoms. The van der Waals surface area contributed by atoms with Gasteiger partial charge in [0.1, 0.15) is 6.26 Å². The fourth-order valence-electron chi connectivity index (χ4n) is 3.96. The van der Waals surface area contributed by atoms with Crippen LogP contribution in [0.15, 0.2) is 59.2 Å². The van der Waals surface area contributed by atoms with Gasteiger partial charge in [0.25, 0.3) is 5.91 Å². The van der Waals surface area contributed by atoms with Crippen LogP contribution in [0.3, 0.4) is 0 Å². The van der Waals surface area contributed by atoms with Gasteiger partial charge < -0.3 is 14.2 Å². The van der Waals surface area contributed by atoms with E-state index < -0.39 is 0 Å². The number of rotatable bonds is 7. The molecule has 2 amide bonds. The molecule has 0 aliphatic carbocycles. The average Bonchev–Trinajstić information content (AvgIpc) is 3.29. The lowest BCUT2D eigenvalue weighted by atomic mass is 10.1. The van der Waals surface area contributed by atoms with Crippen LogP contribution in [0.4, 0.5) is 0 Å². The van der Waals surface area contributed by atoms with E-state index in [1.807, 2.05) is 30.3 Å². The summed E-state index contributed by atoms with van der Waals surface area (Å²) in [6.07, 6.45) is 1.41. The highest BCUT2D eigenvalue weighted by atomic mass is 35.5. The Morgan fingerprint density at radius 2 is 1.68 bits per heavy atom. The zero-order valence-corrected chi connectivity index (χ0v) is 20.4. The molecule has 0 atom stereocenters. The summed E-state index contributed by atoms with van der Waals surface area (Å²) in [4.78, 5) is 34.5. The van der Waals surface area contributed by atoms with E-state index in [0.29, 0.717) is 61.7 Å². The third-order valence-electron chi connectivity index (χ3n) is 5.80. The lowest BCUT2D eigenvalue weighted by Gasteiger charge is -2.33.